The van der Waals surface area contributed by atoms with Gasteiger partial charge in [0, 0.05) is 45.3 Å². The van der Waals surface area contributed by atoms with Crippen LogP contribution in [0.2, 0.25) is 0 Å². The lowest BCUT2D eigenvalue weighted by Crippen LogP contribution is -2.48. The molecule has 0 aliphatic carbocycles. The van der Waals surface area contributed by atoms with Crippen LogP contribution >= 0.6 is 0 Å². The van der Waals surface area contributed by atoms with Gasteiger partial charge in [0.25, 0.3) is 5.91 Å². The Morgan fingerprint density at radius 2 is 1.77 bits per heavy atom. The lowest BCUT2D eigenvalue weighted by atomic mass is 10.1. The molecule has 1 fully saturated rings. The highest BCUT2D eigenvalue weighted by Crippen LogP contribution is 2.33. The van der Waals surface area contributed by atoms with Crippen LogP contribution in [0.4, 0.5) is 0 Å². The van der Waals surface area contributed by atoms with Crippen molar-refractivity contribution >= 4 is 15.9 Å². The molecule has 1 amide bonds. The molecule has 0 aromatic heterocycles. The number of ether oxygens (including phenoxy) is 2. The summed E-state index contributed by atoms with van der Waals surface area (Å²) in [4.78, 5) is 14.4. The molecule has 2 aromatic rings. The Labute approximate surface area is 176 Å². The van der Waals surface area contributed by atoms with Crippen LogP contribution in [0.15, 0.2) is 41.3 Å². The third-order valence-electron chi connectivity index (χ3n) is 5.49. The van der Waals surface area contributed by atoms with Crippen molar-refractivity contribution in [1.82, 2.24) is 14.5 Å². The number of amides is 1. The lowest BCUT2D eigenvalue weighted by molar-refractivity contribution is 0.0962. The zero-order chi connectivity index (χ0) is 21.3. The zero-order valence-corrected chi connectivity index (χ0v) is 17.9. The van der Waals surface area contributed by atoms with Gasteiger partial charge < -0.3 is 14.8 Å². The molecule has 0 bridgehead atoms. The number of benzene rings is 2. The Hall–Kier alpha value is -2.62. The second-order valence-corrected chi connectivity index (χ2v) is 9.36. The molecule has 0 spiro atoms. The monoisotopic (exact) mass is 431 g/mol. The standard InChI is InChI=1S/C21H25N3O5S/c1-15-3-5-17(12-18(15)21(25)22-2)30(26,27)24-9-7-23(8-10-24)13-16-4-6-19-20(11-16)29-14-28-19/h3-6,11-12H,7-10,13-14H2,1-2H3,(H,22,25). The van der Waals surface area contributed by atoms with E-state index in [1.807, 2.05) is 18.2 Å². The van der Waals surface area contributed by atoms with Gasteiger partial charge in [0.2, 0.25) is 16.8 Å². The largest absolute Gasteiger partial charge is 0.454 e. The first kappa shape index (κ1) is 20.6. The van der Waals surface area contributed by atoms with Crippen molar-refractivity contribution in [2.45, 2.75) is 18.4 Å². The minimum Gasteiger partial charge on any atom is -0.454 e. The highest BCUT2D eigenvalue weighted by atomic mass is 32.2. The summed E-state index contributed by atoms with van der Waals surface area (Å²) in [6, 6.07) is 10.6. The van der Waals surface area contributed by atoms with E-state index in [4.69, 9.17) is 9.47 Å². The fraction of sp³-hybridized carbons (Fsp3) is 0.381. The van der Waals surface area contributed by atoms with Gasteiger partial charge in [-0.15, -0.1) is 0 Å². The van der Waals surface area contributed by atoms with E-state index in [1.54, 1.807) is 19.1 Å². The third-order valence-corrected chi connectivity index (χ3v) is 7.39. The van der Waals surface area contributed by atoms with Crippen molar-refractivity contribution in [3.63, 3.8) is 0 Å². The van der Waals surface area contributed by atoms with Crippen LogP contribution in [0, 0.1) is 6.92 Å². The van der Waals surface area contributed by atoms with Gasteiger partial charge in [0.15, 0.2) is 11.5 Å². The van der Waals surface area contributed by atoms with E-state index >= 15 is 0 Å². The van der Waals surface area contributed by atoms with Gasteiger partial charge >= 0.3 is 0 Å². The molecule has 2 aliphatic rings. The molecule has 1 N–H and O–H groups in total. The van der Waals surface area contributed by atoms with Gasteiger partial charge in [-0.3, -0.25) is 9.69 Å². The first-order chi connectivity index (χ1) is 14.4. The number of nitrogens with one attached hydrogen (secondary N) is 1. The number of fused-ring (bicyclic) bond motifs is 1. The number of hydrogen-bond acceptors (Lipinski definition) is 6. The van der Waals surface area contributed by atoms with Crippen molar-refractivity contribution in [3.8, 4) is 11.5 Å². The van der Waals surface area contributed by atoms with Crippen molar-refractivity contribution in [3.05, 3.63) is 53.1 Å². The van der Waals surface area contributed by atoms with Crippen LogP contribution in [-0.4, -0.2) is 63.5 Å². The van der Waals surface area contributed by atoms with E-state index in [0.717, 1.165) is 29.2 Å². The summed E-state index contributed by atoms with van der Waals surface area (Å²) in [5.41, 5.74) is 2.21. The number of carbonyl (C=O) groups excluding carboxylic acids is 1. The maximum absolute atomic E-state index is 13.1. The molecule has 2 heterocycles. The summed E-state index contributed by atoms with van der Waals surface area (Å²) in [5, 5.41) is 2.55. The molecule has 8 nitrogen and oxygen atoms in total. The van der Waals surface area contributed by atoms with E-state index in [2.05, 4.69) is 10.2 Å². The summed E-state index contributed by atoms with van der Waals surface area (Å²) in [6.07, 6.45) is 0. The summed E-state index contributed by atoms with van der Waals surface area (Å²) < 4.78 is 38.5. The Bertz CT molecular complexity index is 1060. The number of sulfonamides is 1. The van der Waals surface area contributed by atoms with Crippen LogP contribution in [0.25, 0.3) is 0 Å². The number of rotatable bonds is 5. The average molecular weight is 432 g/mol. The molecule has 1 saturated heterocycles. The quantitative estimate of drug-likeness (QED) is 0.774. The minimum absolute atomic E-state index is 0.149. The fourth-order valence-electron chi connectivity index (χ4n) is 3.72. The highest BCUT2D eigenvalue weighted by Gasteiger charge is 2.29. The highest BCUT2D eigenvalue weighted by molar-refractivity contribution is 7.89. The summed E-state index contributed by atoms with van der Waals surface area (Å²) >= 11 is 0. The number of carbonyl (C=O) groups is 1. The molecular weight excluding hydrogens is 406 g/mol. The second kappa shape index (κ2) is 8.25. The minimum atomic E-state index is -3.66. The van der Waals surface area contributed by atoms with Crippen LogP contribution in [0.1, 0.15) is 21.5 Å². The maximum Gasteiger partial charge on any atom is 0.251 e. The Kier molecular flexibility index (Phi) is 5.68. The van der Waals surface area contributed by atoms with E-state index in [9.17, 15) is 13.2 Å². The van der Waals surface area contributed by atoms with Gasteiger partial charge in [-0.1, -0.05) is 12.1 Å². The molecule has 0 unspecified atom stereocenters. The van der Waals surface area contributed by atoms with Crippen molar-refractivity contribution < 1.29 is 22.7 Å². The summed E-state index contributed by atoms with van der Waals surface area (Å²) in [7, 11) is -2.13. The molecule has 2 aromatic carbocycles. The van der Waals surface area contributed by atoms with Gasteiger partial charge in [0.05, 0.1) is 4.90 Å². The molecule has 9 heteroatoms. The van der Waals surface area contributed by atoms with E-state index in [1.165, 1.54) is 17.4 Å². The first-order valence-electron chi connectivity index (χ1n) is 9.82. The Morgan fingerprint density at radius 1 is 1.03 bits per heavy atom. The number of piperazine rings is 1. The first-order valence-corrected chi connectivity index (χ1v) is 11.3. The number of aryl methyl sites for hydroxylation is 1. The third kappa shape index (κ3) is 4.00. The van der Waals surface area contributed by atoms with Crippen LogP contribution in [0.5, 0.6) is 11.5 Å². The van der Waals surface area contributed by atoms with E-state index in [-0.39, 0.29) is 17.6 Å². The molecule has 0 atom stereocenters. The Morgan fingerprint density at radius 3 is 2.50 bits per heavy atom. The van der Waals surface area contributed by atoms with Gasteiger partial charge in [0.1, 0.15) is 0 Å². The number of nitrogens with zero attached hydrogens (tertiary/aromatic N) is 2. The van der Waals surface area contributed by atoms with Crippen molar-refractivity contribution in [1.29, 1.82) is 0 Å². The van der Waals surface area contributed by atoms with Crippen molar-refractivity contribution in [2.75, 3.05) is 40.0 Å². The average Bonchev–Trinajstić information content (AvgIpc) is 3.21. The fourth-order valence-corrected chi connectivity index (χ4v) is 5.16. The molecular formula is C21H25N3O5S. The van der Waals surface area contributed by atoms with E-state index < -0.39 is 10.0 Å². The summed E-state index contributed by atoms with van der Waals surface area (Å²) in [6.45, 7) is 4.80. The molecule has 30 heavy (non-hydrogen) atoms. The van der Waals surface area contributed by atoms with Gasteiger partial charge in [-0.25, -0.2) is 8.42 Å². The molecule has 0 saturated carbocycles. The van der Waals surface area contributed by atoms with E-state index in [0.29, 0.717) is 31.7 Å². The van der Waals surface area contributed by atoms with Crippen LogP contribution in [0.3, 0.4) is 0 Å². The predicted octanol–water partition coefficient (Wildman–Crippen LogP) is 1.59. The van der Waals surface area contributed by atoms with Gasteiger partial charge in [-0.05, 0) is 42.3 Å². The predicted molar refractivity (Wildman–Crippen MR) is 111 cm³/mol. The van der Waals surface area contributed by atoms with Gasteiger partial charge in [-0.2, -0.15) is 4.31 Å². The van der Waals surface area contributed by atoms with Crippen LogP contribution in [-0.2, 0) is 16.6 Å². The Balaban J connectivity index is 1.42. The summed E-state index contributed by atoms with van der Waals surface area (Å²) in [5.74, 6) is 1.21. The molecule has 2 aliphatic heterocycles. The second-order valence-electron chi connectivity index (χ2n) is 7.42. The van der Waals surface area contributed by atoms with Crippen molar-refractivity contribution in [2.24, 2.45) is 0 Å². The normalized spacial score (nSPS) is 17.1. The zero-order valence-electron chi connectivity index (χ0n) is 17.1. The molecule has 4 rings (SSSR count). The molecule has 0 radical (unpaired) electrons. The SMILES string of the molecule is CNC(=O)c1cc(S(=O)(=O)N2CCN(Cc3ccc4c(c3)OCO4)CC2)ccc1C. The smallest absolute Gasteiger partial charge is 0.251 e. The molecule has 160 valence electrons. The maximum atomic E-state index is 13.1. The lowest BCUT2D eigenvalue weighted by Gasteiger charge is -2.34. The topological polar surface area (TPSA) is 88.2 Å². The van der Waals surface area contributed by atoms with Crippen LogP contribution < -0.4 is 14.8 Å². The number of hydrogen-bond donors (Lipinski definition) is 1.